The van der Waals surface area contributed by atoms with Crippen LogP contribution in [0.15, 0.2) is 58.1 Å². The number of hydrogen-bond acceptors (Lipinski definition) is 5. The van der Waals surface area contributed by atoms with Gasteiger partial charge < -0.3 is 4.74 Å². The Morgan fingerprint density at radius 1 is 1.06 bits per heavy atom. The Kier molecular flexibility index (Phi) is 4.25. The molecule has 0 atom stereocenters. The van der Waals surface area contributed by atoms with Gasteiger partial charge in [0.15, 0.2) is 17.0 Å². The fourth-order valence-electron chi connectivity index (χ4n) is 3.91. The minimum atomic E-state index is -0.499. The molecule has 3 heterocycles. The van der Waals surface area contributed by atoms with Gasteiger partial charge in [-0.1, -0.05) is 29.8 Å². The van der Waals surface area contributed by atoms with Gasteiger partial charge in [0.05, 0.1) is 13.7 Å². The summed E-state index contributed by atoms with van der Waals surface area (Å²) >= 11 is 0. The zero-order valence-electron chi connectivity index (χ0n) is 17.3. The monoisotopic (exact) mass is 416 g/mol. The van der Waals surface area contributed by atoms with E-state index < -0.39 is 11.2 Å². The maximum atomic E-state index is 12.9. The molecule has 0 saturated heterocycles. The van der Waals surface area contributed by atoms with Crippen molar-refractivity contribution in [2.45, 2.75) is 13.5 Å². The summed E-state index contributed by atoms with van der Waals surface area (Å²) in [5.74, 6) is 1.73. The number of methoxy groups -OCH3 is 1. The van der Waals surface area contributed by atoms with Gasteiger partial charge in [-0.2, -0.15) is 0 Å². The number of imidazole rings is 1. The molecular weight excluding hydrogens is 396 g/mol. The SMILES string of the molecule is COc1ccc(-c2nnc3n(Cc4cccc(C)c4)c4c(=O)[nH]c(=O)n(C)c4n23)cc1. The van der Waals surface area contributed by atoms with Crippen LogP contribution >= 0.6 is 0 Å². The quantitative estimate of drug-likeness (QED) is 0.484. The molecule has 3 aromatic heterocycles. The predicted molar refractivity (Wildman–Crippen MR) is 117 cm³/mol. The number of benzene rings is 2. The Hall–Kier alpha value is -4.14. The van der Waals surface area contributed by atoms with E-state index >= 15 is 0 Å². The van der Waals surface area contributed by atoms with Crippen LogP contribution in [0.4, 0.5) is 0 Å². The molecule has 5 rings (SSSR count). The molecule has 2 aromatic carbocycles. The first-order chi connectivity index (χ1) is 15.0. The molecule has 1 N–H and O–H groups in total. The molecule has 0 spiro atoms. The molecule has 0 aliphatic carbocycles. The highest BCUT2D eigenvalue weighted by Gasteiger charge is 2.23. The molecule has 0 unspecified atom stereocenters. The normalized spacial score (nSPS) is 11.5. The first-order valence-electron chi connectivity index (χ1n) is 9.74. The maximum Gasteiger partial charge on any atom is 0.329 e. The number of aryl methyl sites for hydroxylation is 2. The molecule has 9 heteroatoms. The van der Waals surface area contributed by atoms with Crippen molar-refractivity contribution in [2.75, 3.05) is 7.11 Å². The average Bonchev–Trinajstić information content (AvgIpc) is 3.32. The summed E-state index contributed by atoms with van der Waals surface area (Å²) in [7, 11) is 3.22. The molecule has 0 fully saturated rings. The predicted octanol–water partition coefficient (Wildman–Crippen LogP) is 2.10. The van der Waals surface area contributed by atoms with Gasteiger partial charge in [0.1, 0.15) is 5.75 Å². The van der Waals surface area contributed by atoms with Gasteiger partial charge in [0, 0.05) is 12.6 Å². The van der Waals surface area contributed by atoms with Gasteiger partial charge in [-0.15, -0.1) is 10.2 Å². The molecule has 9 nitrogen and oxygen atoms in total. The van der Waals surface area contributed by atoms with Gasteiger partial charge in [-0.05, 0) is 36.8 Å². The Labute approximate surface area is 176 Å². The average molecular weight is 416 g/mol. The minimum absolute atomic E-state index is 0.364. The number of hydrogen-bond donors (Lipinski definition) is 1. The standard InChI is InChI=1S/C22H20N6O3/c1-13-5-4-6-14(11-13)12-27-17-19(29)23-22(30)26(2)20(17)28-18(24-25-21(27)28)15-7-9-16(31-3)10-8-15/h4-11H,12H2,1-3H3,(H,23,29,30). The van der Waals surface area contributed by atoms with Gasteiger partial charge >= 0.3 is 5.69 Å². The fraction of sp³-hybridized carbons (Fsp3) is 0.182. The van der Waals surface area contributed by atoms with Crippen LogP contribution in [0.1, 0.15) is 11.1 Å². The van der Waals surface area contributed by atoms with E-state index in [1.54, 1.807) is 23.1 Å². The molecule has 5 aromatic rings. The summed E-state index contributed by atoms with van der Waals surface area (Å²) in [5.41, 5.74) is 2.76. The van der Waals surface area contributed by atoms with E-state index in [0.29, 0.717) is 29.3 Å². The van der Waals surface area contributed by atoms with Crippen LogP contribution < -0.4 is 16.0 Å². The summed E-state index contributed by atoms with van der Waals surface area (Å²) in [6.07, 6.45) is 0. The van der Waals surface area contributed by atoms with E-state index in [4.69, 9.17) is 4.74 Å². The molecule has 0 saturated carbocycles. The van der Waals surface area contributed by atoms with Crippen molar-refractivity contribution in [1.82, 2.24) is 28.7 Å². The second-order valence-electron chi connectivity index (χ2n) is 7.45. The third-order valence-corrected chi connectivity index (χ3v) is 5.41. The van der Waals surface area contributed by atoms with Crippen LogP contribution in [0.5, 0.6) is 5.75 Å². The number of aromatic amines is 1. The lowest BCUT2D eigenvalue weighted by Crippen LogP contribution is -2.29. The number of rotatable bonds is 4. The lowest BCUT2D eigenvalue weighted by Gasteiger charge is -2.06. The van der Waals surface area contributed by atoms with Crippen LogP contribution in [0, 0.1) is 6.92 Å². The van der Waals surface area contributed by atoms with Crippen molar-refractivity contribution in [3.05, 3.63) is 80.5 Å². The van der Waals surface area contributed by atoms with E-state index in [2.05, 4.69) is 21.2 Å². The highest BCUT2D eigenvalue weighted by Crippen LogP contribution is 2.26. The zero-order chi connectivity index (χ0) is 21.7. The Balaban J connectivity index is 1.84. The van der Waals surface area contributed by atoms with Crippen LogP contribution in [0.3, 0.4) is 0 Å². The second-order valence-corrected chi connectivity index (χ2v) is 7.45. The molecular formula is C22H20N6O3. The molecule has 0 radical (unpaired) electrons. The molecule has 156 valence electrons. The molecule has 31 heavy (non-hydrogen) atoms. The Morgan fingerprint density at radius 2 is 1.84 bits per heavy atom. The topological polar surface area (TPSA) is 99.2 Å². The van der Waals surface area contributed by atoms with Gasteiger partial charge in [0.2, 0.25) is 5.78 Å². The van der Waals surface area contributed by atoms with Gasteiger partial charge in [-0.25, -0.2) is 9.20 Å². The van der Waals surface area contributed by atoms with Crippen molar-refractivity contribution in [1.29, 1.82) is 0 Å². The smallest absolute Gasteiger partial charge is 0.329 e. The summed E-state index contributed by atoms with van der Waals surface area (Å²) in [4.78, 5) is 27.6. The van der Waals surface area contributed by atoms with Crippen molar-refractivity contribution < 1.29 is 4.74 Å². The Bertz CT molecular complexity index is 1550. The molecule has 0 amide bonds. The summed E-state index contributed by atoms with van der Waals surface area (Å²) < 4.78 is 10.2. The molecule has 0 aliphatic heterocycles. The number of aromatic nitrogens is 6. The van der Waals surface area contributed by atoms with Crippen molar-refractivity contribution in [3.63, 3.8) is 0 Å². The highest BCUT2D eigenvalue weighted by molar-refractivity contribution is 5.80. The lowest BCUT2D eigenvalue weighted by molar-refractivity contribution is 0.415. The first-order valence-corrected chi connectivity index (χ1v) is 9.74. The van der Waals surface area contributed by atoms with Gasteiger partial charge in [-0.3, -0.25) is 18.9 Å². The van der Waals surface area contributed by atoms with Crippen molar-refractivity contribution >= 4 is 16.9 Å². The van der Waals surface area contributed by atoms with Crippen molar-refractivity contribution in [3.8, 4) is 17.1 Å². The largest absolute Gasteiger partial charge is 0.497 e. The van der Waals surface area contributed by atoms with Gasteiger partial charge in [0.25, 0.3) is 5.56 Å². The number of nitrogens with one attached hydrogen (secondary N) is 1. The summed E-state index contributed by atoms with van der Waals surface area (Å²) in [6, 6.07) is 15.4. The molecule has 0 bridgehead atoms. The number of nitrogens with zero attached hydrogens (tertiary/aromatic N) is 5. The lowest BCUT2D eigenvalue weighted by atomic mass is 10.1. The maximum absolute atomic E-state index is 12.9. The van der Waals surface area contributed by atoms with E-state index in [1.807, 2.05) is 49.4 Å². The van der Waals surface area contributed by atoms with Crippen LogP contribution in [0.2, 0.25) is 0 Å². The first kappa shape index (κ1) is 18.9. The number of H-pyrrole nitrogens is 1. The number of fused-ring (bicyclic) bond motifs is 3. The van der Waals surface area contributed by atoms with E-state index in [-0.39, 0.29) is 0 Å². The van der Waals surface area contributed by atoms with Crippen LogP contribution in [-0.4, -0.2) is 35.8 Å². The van der Waals surface area contributed by atoms with E-state index in [9.17, 15) is 9.59 Å². The van der Waals surface area contributed by atoms with E-state index in [0.717, 1.165) is 22.4 Å². The highest BCUT2D eigenvalue weighted by atomic mass is 16.5. The Morgan fingerprint density at radius 3 is 2.55 bits per heavy atom. The zero-order valence-corrected chi connectivity index (χ0v) is 17.3. The summed E-state index contributed by atoms with van der Waals surface area (Å²) in [5, 5.41) is 8.76. The summed E-state index contributed by atoms with van der Waals surface area (Å²) in [6.45, 7) is 2.43. The van der Waals surface area contributed by atoms with E-state index in [1.165, 1.54) is 4.57 Å². The second kappa shape index (κ2) is 6.98. The fourth-order valence-corrected chi connectivity index (χ4v) is 3.91. The van der Waals surface area contributed by atoms with Crippen molar-refractivity contribution in [2.24, 2.45) is 7.05 Å². The third-order valence-electron chi connectivity index (χ3n) is 5.41. The van der Waals surface area contributed by atoms with Crippen LogP contribution in [-0.2, 0) is 13.6 Å². The molecule has 0 aliphatic rings. The minimum Gasteiger partial charge on any atom is -0.497 e. The number of ether oxygens (including phenoxy) is 1. The third kappa shape index (κ3) is 2.93. The van der Waals surface area contributed by atoms with Crippen LogP contribution in [0.25, 0.3) is 28.3 Å².